The summed E-state index contributed by atoms with van der Waals surface area (Å²) in [5.74, 6) is 0.213. The number of hydrogen-bond acceptors (Lipinski definition) is 4. The van der Waals surface area contributed by atoms with Crippen LogP contribution in [0.5, 0.6) is 0 Å². The number of ketones is 1. The van der Waals surface area contributed by atoms with Crippen LogP contribution in [-0.4, -0.2) is 21.7 Å². The van der Waals surface area contributed by atoms with Crippen molar-refractivity contribution in [1.82, 2.24) is 9.97 Å². The van der Waals surface area contributed by atoms with Gasteiger partial charge in [0.2, 0.25) is 11.9 Å². The van der Waals surface area contributed by atoms with Crippen molar-refractivity contribution in [3.63, 3.8) is 0 Å². The van der Waals surface area contributed by atoms with E-state index in [0.29, 0.717) is 24.1 Å². The van der Waals surface area contributed by atoms with Crippen LogP contribution >= 0.6 is 0 Å². The minimum atomic E-state index is -0.225. The number of nitrogens with one attached hydrogen (secondary N) is 1. The summed E-state index contributed by atoms with van der Waals surface area (Å²) < 4.78 is 0. The first kappa shape index (κ1) is 13.4. The van der Waals surface area contributed by atoms with E-state index in [2.05, 4.69) is 15.3 Å². The predicted octanol–water partition coefficient (Wildman–Crippen LogP) is 2.35. The van der Waals surface area contributed by atoms with E-state index in [1.54, 1.807) is 0 Å². The molecule has 1 aliphatic rings. The molecule has 1 N–H and O–H groups in total. The lowest BCUT2D eigenvalue weighted by Gasteiger charge is -2.23. The van der Waals surface area contributed by atoms with Crippen molar-refractivity contribution in [2.24, 2.45) is 0 Å². The van der Waals surface area contributed by atoms with Crippen LogP contribution in [0.3, 0.4) is 0 Å². The van der Waals surface area contributed by atoms with Gasteiger partial charge in [0.1, 0.15) is 0 Å². The van der Waals surface area contributed by atoms with E-state index in [1.165, 1.54) is 13.1 Å². The van der Waals surface area contributed by atoms with Gasteiger partial charge in [-0.25, -0.2) is 9.97 Å². The Bertz CT molecular complexity index is 698. The van der Waals surface area contributed by atoms with Crippen LogP contribution in [0.25, 0.3) is 0 Å². The Morgan fingerprint density at radius 2 is 2.00 bits per heavy atom. The van der Waals surface area contributed by atoms with Gasteiger partial charge in [-0.3, -0.25) is 14.9 Å². The van der Waals surface area contributed by atoms with Gasteiger partial charge in [-0.15, -0.1) is 0 Å². The fourth-order valence-electron chi connectivity index (χ4n) is 2.62. The van der Waals surface area contributed by atoms with E-state index in [0.717, 1.165) is 5.56 Å². The van der Waals surface area contributed by atoms with Gasteiger partial charge in [-0.1, -0.05) is 30.3 Å². The van der Waals surface area contributed by atoms with Crippen molar-refractivity contribution < 1.29 is 9.59 Å². The minimum absolute atomic E-state index is 0.0551. The predicted molar refractivity (Wildman–Crippen MR) is 78.2 cm³/mol. The van der Waals surface area contributed by atoms with Crippen molar-refractivity contribution in [2.75, 3.05) is 5.32 Å². The first-order valence-electron chi connectivity index (χ1n) is 6.85. The number of fused-ring (bicyclic) bond motifs is 1. The van der Waals surface area contributed by atoms with Crippen molar-refractivity contribution in [2.45, 2.75) is 25.7 Å². The van der Waals surface area contributed by atoms with Gasteiger partial charge in [0.15, 0.2) is 5.78 Å². The number of carbonyl (C=O) groups excluding carboxylic acids is 2. The first-order valence-corrected chi connectivity index (χ1v) is 6.85. The summed E-state index contributed by atoms with van der Waals surface area (Å²) >= 11 is 0. The minimum Gasteiger partial charge on any atom is -0.295 e. The Morgan fingerprint density at radius 1 is 1.24 bits per heavy atom. The quantitative estimate of drug-likeness (QED) is 0.917. The van der Waals surface area contributed by atoms with Crippen LogP contribution < -0.4 is 5.32 Å². The maximum atomic E-state index is 12.2. The maximum Gasteiger partial charge on any atom is 0.229 e. The number of benzene rings is 1. The van der Waals surface area contributed by atoms with Crippen LogP contribution in [0.1, 0.15) is 40.9 Å². The van der Waals surface area contributed by atoms with E-state index in [-0.39, 0.29) is 23.6 Å². The Kier molecular flexibility index (Phi) is 3.48. The fraction of sp³-hybridized carbons (Fsp3) is 0.250. The van der Waals surface area contributed by atoms with Crippen molar-refractivity contribution >= 4 is 17.6 Å². The fourth-order valence-corrected chi connectivity index (χ4v) is 2.62. The lowest BCUT2D eigenvalue weighted by Crippen LogP contribution is -2.22. The number of amides is 1. The molecule has 1 unspecified atom stereocenters. The Morgan fingerprint density at radius 3 is 2.71 bits per heavy atom. The molecule has 0 aliphatic heterocycles. The Balaban J connectivity index is 1.92. The second-order valence-electron chi connectivity index (χ2n) is 5.17. The van der Waals surface area contributed by atoms with Crippen LogP contribution in [0, 0.1) is 0 Å². The largest absolute Gasteiger partial charge is 0.295 e. The number of rotatable bonds is 2. The molecule has 1 aliphatic carbocycles. The molecule has 0 spiro atoms. The summed E-state index contributed by atoms with van der Waals surface area (Å²) in [6.07, 6.45) is 2.66. The summed E-state index contributed by atoms with van der Waals surface area (Å²) in [6.45, 7) is 1.40. The van der Waals surface area contributed by atoms with Crippen LogP contribution in [0.4, 0.5) is 5.95 Å². The van der Waals surface area contributed by atoms with Gasteiger partial charge >= 0.3 is 0 Å². The van der Waals surface area contributed by atoms with Gasteiger partial charge < -0.3 is 0 Å². The number of Topliss-reactive ketones (excluding diaryl/α,β-unsaturated/α-hetero) is 1. The lowest BCUT2D eigenvalue weighted by atomic mass is 9.82. The highest BCUT2D eigenvalue weighted by molar-refractivity contribution is 5.98. The summed E-state index contributed by atoms with van der Waals surface area (Å²) in [5.41, 5.74) is 2.41. The lowest BCUT2D eigenvalue weighted by molar-refractivity contribution is -0.114. The molecule has 0 radical (unpaired) electrons. The van der Waals surface area contributed by atoms with Crippen LogP contribution in [0.15, 0.2) is 36.5 Å². The van der Waals surface area contributed by atoms with Gasteiger partial charge in [0, 0.05) is 19.5 Å². The molecule has 1 heterocycles. The molecule has 3 rings (SSSR count). The molecular formula is C16H15N3O2. The molecule has 0 saturated heterocycles. The zero-order valence-corrected chi connectivity index (χ0v) is 11.7. The Labute approximate surface area is 122 Å². The monoisotopic (exact) mass is 281 g/mol. The third-order valence-electron chi connectivity index (χ3n) is 3.60. The van der Waals surface area contributed by atoms with Gasteiger partial charge in [-0.05, 0) is 17.9 Å². The molecule has 1 atom stereocenters. The highest BCUT2D eigenvalue weighted by atomic mass is 16.1. The molecule has 106 valence electrons. The molecule has 0 bridgehead atoms. The van der Waals surface area contributed by atoms with Crippen molar-refractivity contribution in [3.05, 3.63) is 53.3 Å². The number of carbonyl (C=O) groups is 2. The number of nitrogens with zero attached hydrogens (tertiary/aromatic N) is 2. The molecule has 5 nitrogen and oxygen atoms in total. The first-order chi connectivity index (χ1) is 10.1. The zero-order valence-electron chi connectivity index (χ0n) is 11.7. The molecule has 2 aromatic rings. The molecule has 0 fully saturated rings. The number of hydrogen-bond donors (Lipinski definition) is 1. The van der Waals surface area contributed by atoms with E-state index < -0.39 is 0 Å². The molecule has 5 heteroatoms. The normalized spacial score (nSPS) is 17.2. The highest BCUT2D eigenvalue weighted by Gasteiger charge is 2.27. The van der Waals surface area contributed by atoms with Crippen LogP contribution in [0.2, 0.25) is 0 Å². The summed E-state index contributed by atoms with van der Waals surface area (Å²) in [7, 11) is 0. The molecule has 1 aromatic heterocycles. The van der Waals surface area contributed by atoms with E-state index in [4.69, 9.17) is 0 Å². The van der Waals surface area contributed by atoms with E-state index >= 15 is 0 Å². The molecular weight excluding hydrogens is 266 g/mol. The second-order valence-corrected chi connectivity index (χ2v) is 5.17. The number of aromatic nitrogens is 2. The topological polar surface area (TPSA) is 72.0 Å². The molecule has 21 heavy (non-hydrogen) atoms. The van der Waals surface area contributed by atoms with Crippen molar-refractivity contribution in [1.29, 1.82) is 0 Å². The average Bonchev–Trinajstić information content (AvgIpc) is 2.47. The van der Waals surface area contributed by atoms with Gasteiger partial charge in [-0.2, -0.15) is 0 Å². The molecule has 0 saturated carbocycles. The summed E-state index contributed by atoms with van der Waals surface area (Å²) in [4.78, 5) is 31.6. The van der Waals surface area contributed by atoms with Gasteiger partial charge in [0.25, 0.3) is 0 Å². The average molecular weight is 281 g/mol. The SMILES string of the molecule is CC(=O)Nc1ncc2c(n1)CC(c1ccccc1)CC2=O. The van der Waals surface area contributed by atoms with E-state index in [1.807, 2.05) is 30.3 Å². The summed E-state index contributed by atoms with van der Waals surface area (Å²) in [6, 6.07) is 9.95. The van der Waals surface area contributed by atoms with Gasteiger partial charge in [0.05, 0.1) is 11.3 Å². The maximum absolute atomic E-state index is 12.2. The zero-order chi connectivity index (χ0) is 14.8. The highest BCUT2D eigenvalue weighted by Crippen LogP contribution is 2.31. The molecule has 1 aromatic carbocycles. The third kappa shape index (κ3) is 2.81. The standard InChI is InChI=1S/C16H15N3O2/c1-10(20)18-16-17-9-13-14(19-16)7-12(8-15(13)21)11-5-3-2-4-6-11/h2-6,9,12H,7-8H2,1H3,(H,17,18,19,20). The number of anilines is 1. The smallest absolute Gasteiger partial charge is 0.229 e. The van der Waals surface area contributed by atoms with Crippen molar-refractivity contribution in [3.8, 4) is 0 Å². The summed E-state index contributed by atoms with van der Waals surface area (Å²) in [5, 5.41) is 2.55. The van der Waals surface area contributed by atoms with E-state index in [9.17, 15) is 9.59 Å². The molecule has 1 amide bonds. The van der Waals surface area contributed by atoms with Crippen LogP contribution in [-0.2, 0) is 11.2 Å². The second kappa shape index (κ2) is 5.44. The Hall–Kier alpha value is -2.56. The third-order valence-corrected chi connectivity index (χ3v) is 3.60.